The average Bonchev–Trinajstić information content (AvgIpc) is 3.23. The molecule has 0 fully saturated rings. The highest BCUT2D eigenvalue weighted by Gasteiger charge is 2.36. The Bertz CT molecular complexity index is 1250. The number of halogens is 5. The Labute approximate surface area is 172 Å². The normalized spacial score (nSPS) is 11.9. The molecule has 10 heteroatoms. The van der Waals surface area contributed by atoms with Crippen LogP contribution in [0.15, 0.2) is 42.5 Å². The van der Waals surface area contributed by atoms with Gasteiger partial charge in [-0.1, -0.05) is 23.7 Å². The number of aromatic nitrogens is 2. The number of para-hydroxylation sites is 1. The van der Waals surface area contributed by atoms with Crippen LogP contribution in [0.2, 0.25) is 5.02 Å². The third-order valence-electron chi connectivity index (χ3n) is 4.58. The van der Waals surface area contributed by atoms with E-state index in [0.29, 0.717) is 16.3 Å². The van der Waals surface area contributed by atoms with Crippen LogP contribution in [0.3, 0.4) is 0 Å². The lowest BCUT2D eigenvalue weighted by molar-refractivity contribution is -0.141. The van der Waals surface area contributed by atoms with E-state index in [1.54, 1.807) is 6.07 Å². The molecule has 4 aromatic rings. The Hall–Kier alpha value is -3.20. The number of rotatable bonds is 4. The van der Waals surface area contributed by atoms with Crippen LogP contribution in [0.4, 0.5) is 22.4 Å². The van der Waals surface area contributed by atoms with Crippen molar-refractivity contribution in [2.24, 2.45) is 0 Å². The summed E-state index contributed by atoms with van der Waals surface area (Å²) in [6.07, 6.45) is -5.55. The highest BCUT2D eigenvalue weighted by Crippen LogP contribution is 2.37. The van der Waals surface area contributed by atoms with E-state index in [-0.39, 0.29) is 34.9 Å². The number of benzene rings is 2. The maximum absolute atomic E-state index is 13.4. The molecule has 0 saturated heterocycles. The van der Waals surface area contributed by atoms with Crippen molar-refractivity contribution < 1.29 is 27.1 Å². The first-order valence-electron chi connectivity index (χ1n) is 8.82. The molecule has 0 unspecified atom stereocenters. The summed E-state index contributed by atoms with van der Waals surface area (Å²) in [6, 6.07) is 10.1. The van der Waals surface area contributed by atoms with Crippen molar-refractivity contribution in [3.8, 4) is 5.88 Å². The molecular weight excluding hydrogens is 426 g/mol. The predicted molar refractivity (Wildman–Crippen MR) is 104 cm³/mol. The number of hydrogen-bond donors (Lipinski definition) is 3. The van der Waals surface area contributed by atoms with E-state index in [2.05, 4.69) is 15.3 Å². The quantitative estimate of drug-likeness (QED) is 0.352. The van der Waals surface area contributed by atoms with Gasteiger partial charge in [0.25, 0.3) is 0 Å². The highest BCUT2D eigenvalue weighted by atomic mass is 35.5. The van der Waals surface area contributed by atoms with Crippen molar-refractivity contribution >= 4 is 39.5 Å². The topological polar surface area (TPSA) is 69.9 Å². The number of hydrogen-bond acceptors (Lipinski definition) is 2. The summed E-state index contributed by atoms with van der Waals surface area (Å²) in [5.41, 5.74) is -0.140. The molecule has 0 spiro atoms. The van der Waals surface area contributed by atoms with Gasteiger partial charge in [0.2, 0.25) is 5.88 Å². The van der Waals surface area contributed by atoms with Crippen LogP contribution >= 0.6 is 11.6 Å². The number of alkyl halides is 3. The third-order valence-corrected chi connectivity index (χ3v) is 4.89. The number of aromatic amines is 2. The van der Waals surface area contributed by atoms with Gasteiger partial charge in [0.15, 0.2) is 0 Å². The molecule has 4 rings (SSSR count). The molecular formula is C20H14ClF4N3O2. The van der Waals surface area contributed by atoms with E-state index in [1.165, 1.54) is 36.4 Å². The Morgan fingerprint density at radius 2 is 1.93 bits per heavy atom. The monoisotopic (exact) mass is 439 g/mol. The van der Waals surface area contributed by atoms with E-state index in [0.717, 1.165) is 0 Å². The molecule has 30 heavy (non-hydrogen) atoms. The fraction of sp³-hybridized carbons (Fsp3) is 0.150. The van der Waals surface area contributed by atoms with Crippen molar-refractivity contribution in [1.82, 2.24) is 15.3 Å². The van der Waals surface area contributed by atoms with Crippen LogP contribution < -0.4 is 10.1 Å². The van der Waals surface area contributed by atoms with Gasteiger partial charge in [-0.2, -0.15) is 13.2 Å². The summed E-state index contributed by atoms with van der Waals surface area (Å²) >= 11 is 6.00. The second-order valence-electron chi connectivity index (χ2n) is 6.57. The predicted octanol–water partition coefficient (Wildman–Crippen LogP) is 5.79. The zero-order valence-electron chi connectivity index (χ0n) is 15.2. The molecule has 0 aliphatic heterocycles. The smallest absolute Gasteiger partial charge is 0.393 e. The molecule has 0 aliphatic rings. The summed E-state index contributed by atoms with van der Waals surface area (Å²) in [7, 11) is 0. The van der Waals surface area contributed by atoms with Crippen LogP contribution in [0.25, 0.3) is 21.8 Å². The van der Waals surface area contributed by atoms with Crippen LogP contribution in [0.5, 0.6) is 5.88 Å². The molecule has 0 atom stereocenters. The molecule has 2 aromatic carbocycles. The molecule has 0 aliphatic carbocycles. The van der Waals surface area contributed by atoms with Crippen molar-refractivity contribution in [2.75, 3.05) is 6.54 Å². The second kappa shape index (κ2) is 7.56. The van der Waals surface area contributed by atoms with Crippen LogP contribution in [0.1, 0.15) is 11.3 Å². The second-order valence-corrected chi connectivity index (χ2v) is 6.98. The molecule has 3 N–H and O–H groups in total. The minimum absolute atomic E-state index is 0.00128. The number of fused-ring (bicyclic) bond motifs is 2. The number of amides is 1. The van der Waals surface area contributed by atoms with Gasteiger partial charge in [0.1, 0.15) is 11.5 Å². The van der Waals surface area contributed by atoms with E-state index in [1.807, 2.05) is 0 Å². The minimum atomic E-state index is -4.60. The number of ether oxygens (including phenoxy) is 1. The first-order valence-corrected chi connectivity index (χ1v) is 9.20. The van der Waals surface area contributed by atoms with E-state index >= 15 is 0 Å². The number of carbonyl (C=O) groups excluding carboxylic acids is 1. The lowest BCUT2D eigenvalue weighted by atomic mass is 10.1. The van der Waals surface area contributed by atoms with Crippen LogP contribution in [-0.4, -0.2) is 22.6 Å². The van der Waals surface area contributed by atoms with Crippen molar-refractivity contribution in [3.05, 3.63) is 64.6 Å². The van der Waals surface area contributed by atoms with Gasteiger partial charge in [-0.3, -0.25) is 0 Å². The zero-order chi connectivity index (χ0) is 21.5. The molecule has 0 bridgehead atoms. The number of H-pyrrole nitrogens is 2. The Morgan fingerprint density at radius 3 is 2.70 bits per heavy atom. The maximum atomic E-state index is 13.4. The zero-order valence-corrected chi connectivity index (χ0v) is 15.9. The lowest BCUT2D eigenvalue weighted by Gasteiger charge is -2.09. The summed E-state index contributed by atoms with van der Waals surface area (Å²) in [6.45, 7) is -0.101. The van der Waals surface area contributed by atoms with Gasteiger partial charge in [-0.25, -0.2) is 9.18 Å². The SMILES string of the molecule is O=C(NCCc1c(C(F)(F)F)[nH]c2c(Cl)cccc12)Oc1cc2cc(F)ccc2[nH]1. The average molecular weight is 440 g/mol. The largest absolute Gasteiger partial charge is 0.431 e. The van der Waals surface area contributed by atoms with Crippen molar-refractivity contribution in [3.63, 3.8) is 0 Å². The summed E-state index contributed by atoms with van der Waals surface area (Å²) < 4.78 is 58.5. The highest BCUT2D eigenvalue weighted by molar-refractivity contribution is 6.35. The van der Waals surface area contributed by atoms with E-state index in [4.69, 9.17) is 16.3 Å². The number of nitrogens with one attached hydrogen (secondary N) is 3. The fourth-order valence-corrected chi connectivity index (χ4v) is 3.52. The molecule has 2 aromatic heterocycles. The van der Waals surface area contributed by atoms with Gasteiger partial charge >= 0.3 is 12.3 Å². The van der Waals surface area contributed by atoms with Gasteiger partial charge in [0.05, 0.1) is 10.5 Å². The van der Waals surface area contributed by atoms with E-state index in [9.17, 15) is 22.4 Å². The fourth-order valence-electron chi connectivity index (χ4n) is 3.30. The van der Waals surface area contributed by atoms with Gasteiger partial charge in [-0.05, 0) is 36.2 Å². The first kappa shape index (κ1) is 20.1. The minimum Gasteiger partial charge on any atom is -0.393 e. The Balaban J connectivity index is 1.46. The Morgan fingerprint density at radius 1 is 1.13 bits per heavy atom. The van der Waals surface area contributed by atoms with Gasteiger partial charge in [0, 0.05) is 28.9 Å². The lowest BCUT2D eigenvalue weighted by Crippen LogP contribution is -2.29. The third kappa shape index (κ3) is 3.93. The first-order chi connectivity index (χ1) is 14.2. The van der Waals surface area contributed by atoms with Crippen molar-refractivity contribution in [1.29, 1.82) is 0 Å². The van der Waals surface area contributed by atoms with Crippen LogP contribution in [0, 0.1) is 5.82 Å². The molecule has 0 radical (unpaired) electrons. The molecule has 1 amide bonds. The van der Waals surface area contributed by atoms with E-state index < -0.39 is 23.8 Å². The summed E-state index contributed by atoms with van der Waals surface area (Å²) in [4.78, 5) is 17.1. The standard InChI is InChI=1S/C20H14ClF4N3O2/c21-14-3-1-2-12-13(18(20(23,24)25)28-17(12)14)6-7-26-19(29)30-16-9-10-8-11(22)4-5-15(10)27-16/h1-5,8-9,27-28H,6-7H2,(H,26,29). The van der Waals surface area contributed by atoms with Gasteiger partial charge < -0.3 is 20.0 Å². The summed E-state index contributed by atoms with van der Waals surface area (Å²) in [5, 5.41) is 3.44. The summed E-state index contributed by atoms with van der Waals surface area (Å²) in [5.74, 6) is -0.347. The van der Waals surface area contributed by atoms with Crippen molar-refractivity contribution in [2.45, 2.75) is 12.6 Å². The van der Waals surface area contributed by atoms with Gasteiger partial charge in [-0.15, -0.1) is 0 Å². The molecule has 5 nitrogen and oxygen atoms in total. The molecule has 2 heterocycles. The number of carbonyl (C=O) groups is 1. The maximum Gasteiger partial charge on any atom is 0.431 e. The molecule has 0 saturated carbocycles. The molecule has 156 valence electrons. The van der Waals surface area contributed by atoms with Crippen LogP contribution in [-0.2, 0) is 12.6 Å². The Kier molecular flexibility index (Phi) is 5.07.